The second-order valence-electron chi connectivity index (χ2n) is 4.90. The van der Waals surface area contributed by atoms with E-state index in [-0.39, 0.29) is 5.91 Å². The van der Waals surface area contributed by atoms with Gasteiger partial charge < -0.3 is 15.5 Å². The summed E-state index contributed by atoms with van der Waals surface area (Å²) in [6.45, 7) is 4.58. The molecular weight excluding hydrogens is 238 g/mol. The Kier molecular flexibility index (Phi) is 4.80. The van der Waals surface area contributed by atoms with Crippen LogP contribution in [0.2, 0.25) is 0 Å². The van der Waals surface area contributed by atoms with Crippen molar-refractivity contribution in [3.05, 3.63) is 29.8 Å². The predicted molar refractivity (Wildman–Crippen MR) is 78.4 cm³/mol. The first-order chi connectivity index (χ1) is 9.26. The Morgan fingerprint density at radius 2 is 2.16 bits per heavy atom. The molecule has 1 aliphatic rings. The van der Waals surface area contributed by atoms with Gasteiger partial charge in [-0.05, 0) is 25.1 Å². The number of carbonyl (C=O) groups is 1. The maximum absolute atomic E-state index is 11.4. The SMILES string of the molecule is CCC(NC)c1ccccc1N1CCNC(=O)CC1. The van der Waals surface area contributed by atoms with Crippen LogP contribution in [0, 0.1) is 0 Å². The molecule has 1 aromatic carbocycles. The van der Waals surface area contributed by atoms with Crippen LogP contribution < -0.4 is 15.5 Å². The Morgan fingerprint density at radius 3 is 2.89 bits per heavy atom. The summed E-state index contributed by atoms with van der Waals surface area (Å²) in [4.78, 5) is 13.8. The van der Waals surface area contributed by atoms with Crippen molar-refractivity contribution in [1.29, 1.82) is 0 Å². The summed E-state index contributed by atoms with van der Waals surface area (Å²) in [5.41, 5.74) is 2.57. The topological polar surface area (TPSA) is 44.4 Å². The van der Waals surface area contributed by atoms with Crippen LogP contribution in [0.4, 0.5) is 5.69 Å². The summed E-state index contributed by atoms with van der Waals surface area (Å²) < 4.78 is 0. The summed E-state index contributed by atoms with van der Waals surface area (Å²) in [7, 11) is 2.00. The molecule has 1 amide bonds. The average Bonchev–Trinajstić information content (AvgIpc) is 2.66. The number of hydrogen-bond acceptors (Lipinski definition) is 3. The fraction of sp³-hybridized carbons (Fsp3) is 0.533. The molecular formula is C15H23N3O. The number of rotatable bonds is 4. The molecule has 1 aliphatic heterocycles. The molecule has 0 saturated carbocycles. The highest BCUT2D eigenvalue weighted by molar-refractivity contribution is 5.77. The molecule has 0 aliphatic carbocycles. The lowest BCUT2D eigenvalue weighted by Gasteiger charge is -2.27. The summed E-state index contributed by atoms with van der Waals surface area (Å²) in [5.74, 6) is 0.153. The van der Waals surface area contributed by atoms with E-state index in [1.807, 2.05) is 7.05 Å². The number of carbonyl (C=O) groups excluding carboxylic acids is 1. The van der Waals surface area contributed by atoms with Crippen molar-refractivity contribution in [3.8, 4) is 0 Å². The Morgan fingerprint density at radius 1 is 1.37 bits per heavy atom. The van der Waals surface area contributed by atoms with E-state index in [0.717, 1.165) is 26.1 Å². The molecule has 0 spiro atoms. The second-order valence-corrected chi connectivity index (χ2v) is 4.90. The van der Waals surface area contributed by atoms with Crippen molar-refractivity contribution in [2.24, 2.45) is 0 Å². The Hall–Kier alpha value is -1.55. The lowest BCUT2D eigenvalue weighted by molar-refractivity contribution is -0.120. The fourth-order valence-corrected chi connectivity index (χ4v) is 2.66. The quantitative estimate of drug-likeness (QED) is 0.867. The third-order valence-electron chi connectivity index (χ3n) is 3.72. The van der Waals surface area contributed by atoms with Gasteiger partial charge in [-0.15, -0.1) is 0 Å². The van der Waals surface area contributed by atoms with Crippen molar-refractivity contribution in [2.75, 3.05) is 31.6 Å². The number of hydrogen-bond donors (Lipinski definition) is 2. The molecule has 1 atom stereocenters. The van der Waals surface area contributed by atoms with Gasteiger partial charge in [0.05, 0.1) is 0 Å². The zero-order chi connectivity index (χ0) is 13.7. The van der Waals surface area contributed by atoms with Crippen molar-refractivity contribution < 1.29 is 4.79 Å². The molecule has 19 heavy (non-hydrogen) atoms. The molecule has 1 aromatic rings. The zero-order valence-corrected chi connectivity index (χ0v) is 11.8. The minimum atomic E-state index is 0.153. The Balaban J connectivity index is 2.25. The summed E-state index contributed by atoms with van der Waals surface area (Å²) >= 11 is 0. The van der Waals surface area contributed by atoms with Crippen molar-refractivity contribution >= 4 is 11.6 Å². The largest absolute Gasteiger partial charge is 0.369 e. The molecule has 4 heteroatoms. The smallest absolute Gasteiger partial charge is 0.221 e. The van der Waals surface area contributed by atoms with E-state index in [1.54, 1.807) is 0 Å². The Labute approximate surface area is 115 Å². The Bertz CT molecular complexity index is 429. The van der Waals surface area contributed by atoms with E-state index in [4.69, 9.17) is 0 Å². The number of nitrogens with zero attached hydrogens (tertiary/aromatic N) is 1. The van der Waals surface area contributed by atoms with E-state index in [0.29, 0.717) is 12.5 Å². The minimum Gasteiger partial charge on any atom is -0.369 e. The lowest BCUT2D eigenvalue weighted by atomic mass is 10.0. The lowest BCUT2D eigenvalue weighted by Crippen LogP contribution is -2.30. The molecule has 0 aromatic heterocycles. The number of amides is 1. The molecule has 104 valence electrons. The zero-order valence-electron chi connectivity index (χ0n) is 11.8. The van der Waals surface area contributed by atoms with Crippen LogP contribution in [-0.4, -0.2) is 32.6 Å². The van der Waals surface area contributed by atoms with Crippen LogP contribution in [0.5, 0.6) is 0 Å². The van der Waals surface area contributed by atoms with Gasteiger partial charge in [-0.25, -0.2) is 0 Å². The van der Waals surface area contributed by atoms with Crippen molar-refractivity contribution in [3.63, 3.8) is 0 Å². The monoisotopic (exact) mass is 261 g/mol. The van der Waals surface area contributed by atoms with Crippen molar-refractivity contribution in [2.45, 2.75) is 25.8 Å². The predicted octanol–water partition coefficient (Wildman–Crippen LogP) is 1.68. The van der Waals surface area contributed by atoms with E-state index in [2.05, 4.69) is 46.7 Å². The van der Waals surface area contributed by atoms with Crippen LogP contribution >= 0.6 is 0 Å². The summed E-state index contributed by atoms with van der Waals surface area (Å²) in [5, 5.41) is 6.29. The van der Waals surface area contributed by atoms with Crippen LogP contribution in [0.3, 0.4) is 0 Å². The van der Waals surface area contributed by atoms with Gasteiger partial charge in [-0.2, -0.15) is 0 Å². The fourth-order valence-electron chi connectivity index (χ4n) is 2.66. The van der Waals surface area contributed by atoms with Gasteiger partial charge in [0.2, 0.25) is 5.91 Å². The molecule has 1 fully saturated rings. The molecule has 0 radical (unpaired) electrons. The first kappa shape index (κ1) is 13.9. The molecule has 1 saturated heterocycles. The average molecular weight is 261 g/mol. The third-order valence-corrected chi connectivity index (χ3v) is 3.72. The summed E-state index contributed by atoms with van der Waals surface area (Å²) in [6, 6.07) is 8.86. The molecule has 2 rings (SSSR count). The van der Waals surface area contributed by atoms with E-state index < -0.39 is 0 Å². The molecule has 0 bridgehead atoms. The third kappa shape index (κ3) is 3.26. The number of anilines is 1. The highest BCUT2D eigenvalue weighted by atomic mass is 16.1. The highest BCUT2D eigenvalue weighted by Gasteiger charge is 2.18. The maximum Gasteiger partial charge on any atom is 0.221 e. The van der Waals surface area contributed by atoms with Crippen LogP contribution in [0.1, 0.15) is 31.4 Å². The van der Waals surface area contributed by atoms with E-state index in [9.17, 15) is 4.79 Å². The molecule has 2 N–H and O–H groups in total. The van der Waals surface area contributed by atoms with Crippen molar-refractivity contribution in [1.82, 2.24) is 10.6 Å². The standard InChI is InChI=1S/C15H23N3O/c1-3-13(16-2)12-6-4-5-7-14(12)18-10-8-15(19)17-9-11-18/h4-7,13,16H,3,8-11H2,1-2H3,(H,17,19). The van der Waals surface area contributed by atoms with Crippen LogP contribution in [0.25, 0.3) is 0 Å². The number of benzene rings is 1. The van der Waals surface area contributed by atoms with Crippen LogP contribution in [0.15, 0.2) is 24.3 Å². The number of nitrogens with one attached hydrogen (secondary N) is 2. The maximum atomic E-state index is 11.4. The molecule has 1 unspecified atom stereocenters. The van der Waals surface area contributed by atoms with Gasteiger partial charge in [0.25, 0.3) is 0 Å². The van der Waals surface area contributed by atoms with Gasteiger partial charge in [-0.1, -0.05) is 25.1 Å². The van der Waals surface area contributed by atoms with Gasteiger partial charge in [0.1, 0.15) is 0 Å². The van der Waals surface area contributed by atoms with E-state index in [1.165, 1.54) is 11.3 Å². The number of para-hydroxylation sites is 1. The van der Waals surface area contributed by atoms with Gasteiger partial charge in [0.15, 0.2) is 0 Å². The molecule has 1 heterocycles. The first-order valence-corrected chi connectivity index (χ1v) is 7.04. The van der Waals surface area contributed by atoms with Gasteiger partial charge >= 0.3 is 0 Å². The van der Waals surface area contributed by atoms with Gasteiger partial charge in [-0.3, -0.25) is 4.79 Å². The van der Waals surface area contributed by atoms with Crippen LogP contribution in [-0.2, 0) is 4.79 Å². The van der Waals surface area contributed by atoms with Gasteiger partial charge in [0, 0.05) is 37.8 Å². The highest BCUT2D eigenvalue weighted by Crippen LogP contribution is 2.28. The molecule has 4 nitrogen and oxygen atoms in total. The van der Waals surface area contributed by atoms with E-state index >= 15 is 0 Å². The normalized spacial score (nSPS) is 17.8. The first-order valence-electron chi connectivity index (χ1n) is 7.04. The minimum absolute atomic E-state index is 0.153. The summed E-state index contributed by atoms with van der Waals surface area (Å²) in [6.07, 6.45) is 1.63. The second kappa shape index (κ2) is 6.57.